The zero-order chi connectivity index (χ0) is 22.5. The van der Waals surface area contributed by atoms with Crippen molar-refractivity contribution in [3.8, 4) is 0 Å². The van der Waals surface area contributed by atoms with Gasteiger partial charge in [0.05, 0.1) is 24.0 Å². The van der Waals surface area contributed by atoms with Gasteiger partial charge in [0.2, 0.25) is 0 Å². The lowest BCUT2D eigenvalue weighted by Crippen LogP contribution is -2.67. The van der Waals surface area contributed by atoms with Crippen LogP contribution in [-0.2, 0) is 9.53 Å². The van der Waals surface area contributed by atoms with Gasteiger partial charge in [-0.05, 0) is 60.5 Å². The Morgan fingerprint density at radius 3 is 2.52 bits per heavy atom. The fourth-order valence-electron chi connectivity index (χ4n) is 7.76. The van der Waals surface area contributed by atoms with Crippen molar-refractivity contribution in [3.05, 3.63) is 23.3 Å². The topological polar surface area (TPSA) is 107 Å². The molecular weight excluding hydrogens is 396 g/mol. The van der Waals surface area contributed by atoms with E-state index in [1.807, 2.05) is 13.0 Å². The van der Waals surface area contributed by atoms with Crippen molar-refractivity contribution in [3.63, 3.8) is 0 Å². The SMILES string of the molecule is CC1=CC23C(O)C(C=C(CO)C(O)C2(O)C1OC(=O)C1CCC1)[C@H]1[C@@H](C[C@H]3C)C1(C)C. The second-order valence-electron chi connectivity index (χ2n) is 11.5. The molecule has 0 saturated heterocycles. The molecule has 6 nitrogen and oxygen atoms in total. The van der Waals surface area contributed by atoms with E-state index in [1.165, 1.54) is 0 Å². The van der Waals surface area contributed by atoms with Gasteiger partial charge in [0, 0.05) is 5.92 Å². The van der Waals surface area contributed by atoms with Crippen LogP contribution in [0.1, 0.15) is 53.4 Å². The molecule has 5 aliphatic rings. The van der Waals surface area contributed by atoms with Gasteiger partial charge in [-0.15, -0.1) is 0 Å². The minimum absolute atomic E-state index is 0.0550. The smallest absolute Gasteiger partial charge is 0.309 e. The zero-order valence-corrected chi connectivity index (χ0v) is 18.9. The Bertz CT molecular complexity index is 856. The maximum Gasteiger partial charge on any atom is 0.309 e. The third-order valence-corrected chi connectivity index (χ3v) is 9.83. The number of fused-ring (bicyclic) bond motifs is 3. The van der Waals surface area contributed by atoms with Crippen molar-refractivity contribution >= 4 is 5.97 Å². The number of aliphatic hydroxyl groups excluding tert-OH is 3. The Labute approximate surface area is 184 Å². The highest BCUT2D eigenvalue weighted by Crippen LogP contribution is 2.72. The monoisotopic (exact) mass is 432 g/mol. The largest absolute Gasteiger partial charge is 0.454 e. The van der Waals surface area contributed by atoms with Crippen LogP contribution < -0.4 is 0 Å². The van der Waals surface area contributed by atoms with Crippen LogP contribution in [0.2, 0.25) is 0 Å². The molecule has 1 spiro atoms. The van der Waals surface area contributed by atoms with Crippen molar-refractivity contribution in [1.29, 1.82) is 0 Å². The molecule has 0 aromatic rings. The first-order valence-electron chi connectivity index (χ1n) is 11.8. The fourth-order valence-corrected chi connectivity index (χ4v) is 7.76. The molecule has 5 rings (SSSR count). The second-order valence-corrected chi connectivity index (χ2v) is 11.5. The summed E-state index contributed by atoms with van der Waals surface area (Å²) in [5.74, 6) is -0.345. The number of esters is 1. The molecule has 3 saturated carbocycles. The summed E-state index contributed by atoms with van der Waals surface area (Å²) in [4.78, 5) is 12.8. The number of carbonyl (C=O) groups is 1. The van der Waals surface area contributed by atoms with E-state index in [-0.39, 0.29) is 35.1 Å². The molecule has 172 valence electrons. The maximum atomic E-state index is 12.8. The molecule has 2 bridgehead atoms. The minimum atomic E-state index is -1.93. The Morgan fingerprint density at radius 1 is 1.26 bits per heavy atom. The number of ether oxygens (including phenoxy) is 1. The lowest BCUT2D eigenvalue weighted by molar-refractivity contribution is -0.227. The summed E-state index contributed by atoms with van der Waals surface area (Å²) in [7, 11) is 0. The van der Waals surface area contributed by atoms with E-state index in [0.29, 0.717) is 17.1 Å². The maximum absolute atomic E-state index is 12.8. The summed E-state index contributed by atoms with van der Waals surface area (Å²) < 4.78 is 5.88. The molecule has 9 atom stereocenters. The van der Waals surface area contributed by atoms with Crippen molar-refractivity contribution in [1.82, 2.24) is 0 Å². The zero-order valence-electron chi connectivity index (χ0n) is 18.9. The number of rotatable bonds is 3. The highest BCUT2D eigenvalue weighted by atomic mass is 16.6. The number of carbonyl (C=O) groups excluding carboxylic acids is 1. The quantitative estimate of drug-likeness (QED) is 0.401. The first-order valence-corrected chi connectivity index (χ1v) is 11.8. The Balaban J connectivity index is 1.64. The van der Waals surface area contributed by atoms with Crippen LogP contribution in [0.15, 0.2) is 23.3 Å². The summed E-state index contributed by atoms with van der Waals surface area (Å²) >= 11 is 0. The van der Waals surface area contributed by atoms with Gasteiger partial charge < -0.3 is 25.2 Å². The fraction of sp³-hybridized carbons (Fsp3) is 0.800. The number of hydrogen-bond acceptors (Lipinski definition) is 6. The summed E-state index contributed by atoms with van der Waals surface area (Å²) in [6.45, 7) is 7.83. The van der Waals surface area contributed by atoms with Crippen LogP contribution >= 0.6 is 0 Å². The number of aliphatic hydroxyl groups is 4. The lowest BCUT2D eigenvalue weighted by atomic mass is 9.58. The van der Waals surface area contributed by atoms with E-state index in [0.717, 1.165) is 25.7 Å². The van der Waals surface area contributed by atoms with Crippen LogP contribution in [0, 0.1) is 40.4 Å². The van der Waals surface area contributed by atoms with Crippen LogP contribution in [0.25, 0.3) is 0 Å². The second kappa shape index (κ2) is 6.66. The average Bonchev–Trinajstić information content (AvgIpc) is 3.15. The van der Waals surface area contributed by atoms with Crippen LogP contribution in [0.4, 0.5) is 0 Å². The van der Waals surface area contributed by atoms with Gasteiger partial charge in [0.1, 0.15) is 11.7 Å². The number of hydrogen-bond donors (Lipinski definition) is 4. The van der Waals surface area contributed by atoms with Gasteiger partial charge in [-0.2, -0.15) is 0 Å². The summed E-state index contributed by atoms with van der Waals surface area (Å²) in [5, 5.41) is 45.8. The summed E-state index contributed by atoms with van der Waals surface area (Å²) in [6, 6.07) is 0. The van der Waals surface area contributed by atoms with Gasteiger partial charge in [-0.1, -0.05) is 39.3 Å². The molecule has 0 aromatic heterocycles. The van der Waals surface area contributed by atoms with E-state index in [9.17, 15) is 25.2 Å². The van der Waals surface area contributed by atoms with E-state index < -0.39 is 35.9 Å². The van der Waals surface area contributed by atoms with Crippen molar-refractivity contribution in [2.75, 3.05) is 6.61 Å². The van der Waals surface area contributed by atoms with Crippen molar-refractivity contribution in [2.45, 2.75) is 77.3 Å². The van der Waals surface area contributed by atoms with E-state index >= 15 is 0 Å². The lowest BCUT2D eigenvalue weighted by Gasteiger charge is -2.52. The predicted molar refractivity (Wildman–Crippen MR) is 114 cm³/mol. The first-order chi connectivity index (χ1) is 14.5. The van der Waals surface area contributed by atoms with Crippen LogP contribution in [0.5, 0.6) is 0 Å². The molecule has 0 aromatic carbocycles. The van der Waals surface area contributed by atoms with Crippen molar-refractivity contribution in [2.24, 2.45) is 40.4 Å². The molecule has 6 heteroatoms. The van der Waals surface area contributed by atoms with Crippen LogP contribution in [-0.4, -0.2) is 56.9 Å². The van der Waals surface area contributed by atoms with Crippen LogP contribution in [0.3, 0.4) is 0 Å². The van der Waals surface area contributed by atoms with Gasteiger partial charge in [0.25, 0.3) is 0 Å². The average molecular weight is 433 g/mol. The molecule has 0 aliphatic heterocycles. The molecule has 31 heavy (non-hydrogen) atoms. The Morgan fingerprint density at radius 2 is 1.94 bits per heavy atom. The van der Waals surface area contributed by atoms with Crippen molar-refractivity contribution < 1.29 is 30.0 Å². The molecule has 0 heterocycles. The molecule has 0 amide bonds. The molecule has 3 fully saturated rings. The molecule has 4 N–H and O–H groups in total. The van der Waals surface area contributed by atoms with E-state index in [1.54, 1.807) is 13.0 Å². The van der Waals surface area contributed by atoms with Gasteiger partial charge in [0.15, 0.2) is 6.10 Å². The molecular formula is C25H36O6. The normalized spacial score (nSPS) is 50.1. The Kier molecular flexibility index (Phi) is 4.64. The summed E-state index contributed by atoms with van der Waals surface area (Å²) in [6.07, 6.45) is 3.59. The predicted octanol–water partition coefficient (Wildman–Crippen LogP) is 1.96. The van der Waals surface area contributed by atoms with Gasteiger partial charge in [-0.25, -0.2) is 0 Å². The highest BCUT2D eigenvalue weighted by Gasteiger charge is 2.76. The first kappa shape index (κ1) is 21.6. The Hall–Kier alpha value is -1.21. The van der Waals surface area contributed by atoms with E-state index in [4.69, 9.17) is 4.74 Å². The summed E-state index contributed by atoms with van der Waals surface area (Å²) in [5.41, 5.74) is -2.08. The molecule has 6 unspecified atom stereocenters. The van der Waals surface area contributed by atoms with Gasteiger partial charge >= 0.3 is 5.97 Å². The molecule has 0 radical (unpaired) electrons. The standard InChI is InChI=1S/C25H36O6/c1-12-10-24-13(2)8-17-18(23(17,3)4)16(20(24)28)9-15(11-26)19(27)25(24,30)21(12)31-22(29)14-6-5-7-14/h9-10,13-14,16-21,26-28,30H,5-8,11H2,1-4H3/t13-,16?,17-,18+,19?,20?,21?,24?,25?/m1/s1. The third kappa shape index (κ3) is 2.51. The minimum Gasteiger partial charge on any atom is -0.454 e. The molecule has 5 aliphatic carbocycles. The highest BCUT2D eigenvalue weighted by molar-refractivity contribution is 5.74. The van der Waals surface area contributed by atoms with E-state index in [2.05, 4.69) is 13.8 Å². The van der Waals surface area contributed by atoms with Gasteiger partial charge in [-0.3, -0.25) is 4.79 Å². The third-order valence-electron chi connectivity index (χ3n) is 9.83.